The Labute approximate surface area is 212 Å². The number of amides is 1. The lowest BCUT2D eigenvalue weighted by atomic mass is 10.0. The van der Waals surface area contributed by atoms with Crippen LogP contribution in [0.25, 0.3) is 10.9 Å². The van der Waals surface area contributed by atoms with Gasteiger partial charge in [-0.1, -0.05) is 66.4 Å². The molecule has 0 unspecified atom stereocenters. The summed E-state index contributed by atoms with van der Waals surface area (Å²) in [5, 5.41) is 9.50. The molecule has 0 bridgehead atoms. The molecule has 6 rings (SSSR count). The molecule has 36 heavy (non-hydrogen) atoms. The van der Waals surface area contributed by atoms with E-state index in [-0.39, 0.29) is 18.3 Å². The zero-order valence-corrected chi connectivity index (χ0v) is 20.1. The number of thioether (sulfide) groups is 1. The molecule has 0 fully saturated rings. The Bertz CT molecular complexity index is 1500. The Morgan fingerprint density at radius 2 is 1.61 bits per heavy atom. The summed E-state index contributed by atoms with van der Waals surface area (Å²) in [4.78, 5) is 19.7. The topological polar surface area (TPSA) is 81.3 Å². The van der Waals surface area contributed by atoms with E-state index in [0.29, 0.717) is 16.9 Å². The quantitative estimate of drug-likeness (QED) is 0.278. The number of anilines is 2. The highest BCUT2D eigenvalue weighted by Gasteiger charge is 2.26. The third-order valence-corrected chi connectivity index (χ3v) is 6.90. The van der Waals surface area contributed by atoms with Crippen molar-refractivity contribution in [2.45, 2.75) is 24.7 Å². The second-order valence-electron chi connectivity index (χ2n) is 8.36. The molecule has 0 radical (unpaired) electrons. The number of hydrogen-bond acceptors (Lipinski definition) is 7. The van der Waals surface area contributed by atoms with Gasteiger partial charge in [0, 0.05) is 11.6 Å². The number of aryl methyl sites for hydroxylation is 2. The van der Waals surface area contributed by atoms with Crippen molar-refractivity contribution in [2.24, 2.45) is 0 Å². The van der Waals surface area contributed by atoms with Crippen molar-refractivity contribution >= 4 is 39.9 Å². The van der Waals surface area contributed by atoms with Crippen LogP contribution in [0.5, 0.6) is 5.75 Å². The van der Waals surface area contributed by atoms with Crippen molar-refractivity contribution in [3.63, 3.8) is 0 Å². The average molecular weight is 495 g/mol. The van der Waals surface area contributed by atoms with Crippen molar-refractivity contribution < 1.29 is 13.9 Å². The summed E-state index contributed by atoms with van der Waals surface area (Å²) < 4.78 is 11.6. The summed E-state index contributed by atoms with van der Waals surface area (Å²) in [6.07, 6.45) is 3.52. The molecule has 1 aliphatic heterocycles. The molecule has 0 N–H and O–H groups in total. The summed E-state index contributed by atoms with van der Waals surface area (Å²) >= 11 is 1.22. The fourth-order valence-electron chi connectivity index (χ4n) is 4.42. The molecule has 1 amide bonds. The maximum Gasteiger partial charge on any atom is 0.277 e. The Balaban J connectivity index is 1.15. The minimum Gasteiger partial charge on any atom is -0.482 e. The maximum atomic E-state index is 13.5. The van der Waals surface area contributed by atoms with Crippen LogP contribution in [0.4, 0.5) is 11.4 Å². The van der Waals surface area contributed by atoms with E-state index in [0.717, 1.165) is 46.2 Å². The number of pyridine rings is 1. The molecule has 178 valence electrons. The molecule has 2 aromatic heterocycles. The van der Waals surface area contributed by atoms with Gasteiger partial charge in [-0.15, -0.1) is 10.2 Å². The SMILES string of the molecule is O=C(CSc1nnc(COc2cccc3cccnc23)o1)N1c2ccccc2CCc2ccccc21. The van der Waals surface area contributed by atoms with Crippen LogP contribution in [0, 0.1) is 0 Å². The molecule has 0 saturated heterocycles. The van der Waals surface area contributed by atoms with Crippen molar-refractivity contribution in [3.05, 3.63) is 102 Å². The van der Waals surface area contributed by atoms with E-state index in [1.807, 2.05) is 71.6 Å². The third kappa shape index (κ3) is 4.43. The smallest absolute Gasteiger partial charge is 0.277 e. The molecule has 8 heteroatoms. The first-order chi connectivity index (χ1) is 17.8. The van der Waals surface area contributed by atoms with Crippen LogP contribution in [-0.2, 0) is 24.2 Å². The van der Waals surface area contributed by atoms with E-state index < -0.39 is 0 Å². The Morgan fingerprint density at radius 1 is 0.889 bits per heavy atom. The molecule has 5 aromatic rings. The molecule has 0 spiro atoms. The van der Waals surface area contributed by atoms with Crippen LogP contribution < -0.4 is 9.64 Å². The number of benzene rings is 3. The normalized spacial score (nSPS) is 12.6. The summed E-state index contributed by atoms with van der Waals surface area (Å²) in [6, 6.07) is 25.8. The number of rotatable bonds is 6. The van der Waals surface area contributed by atoms with E-state index in [1.165, 1.54) is 11.8 Å². The van der Waals surface area contributed by atoms with Crippen molar-refractivity contribution in [1.29, 1.82) is 0 Å². The van der Waals surface area contributed by atoms with E-state index in [9.17, 15) is 4.79 Å². The monoisotopic (exact) mass is 494 g/mol. The summed E-state index contributed by atoms with van der Waals surface area (Å²) in [7, 11) is 0. The first kappa shape index (κ1) is 22.3. The van der Waals surface area contributed by atoms with E-state index in [2.05, 4.69) is 27.3 Å². The van der Waals surface area contributed by atoms with Crippen molar-refractivity contribution in [1.82, 2.24) is 15.2 Å². The lowest BCUT2D eigenvalue weighted by Gasteiger charge is -2.24. The second-order valence-corrected chi connectivity index (χ2v) is 9.28. The van der Waals surface area contributed by atoms with Gasteiger partial charge < -0.3 is 9.15 Å². The molecule has 7 nitrogen and oxygen atoms in total. The highest BCUT2D eigenvalue weighted by Crippen LogP contribution is 2.36. The largest absolute Gasteiger partial charge is 0.482 e. The number of para-hydroxylation sites is 3. The number of hydrogen-bond donors (Lipinski definition) is 0. The molecule has 0 atom stereocenters. The highest BCUT2D eigenvalue weighted by molar-refractivity contribution is 7.99. The van der Waals surface area contributed by atoms with Gasteiger partial charge in [-0.25, -0.2) is 0 Å². The van der Waals surface area contributed by atoms with Gasteiger partial charge in [0.15, 0.2) is 6.61 Å². The van der Waals surface area contributed by atoms with Crippen LogP contribution in [0.2, 0.25) is 0 Å². The summed E-state index contributed by atoms with van der Waals surface area (Å²) in [5.41, 5.74) is 4.95. The molecule has 3 heterocycles. The molecule has 1 aliphatic rings. The molecular weight excluding hydrogens is 472 g/mol. The Hall–Kier alpha value is -4.17. The lowest BCUT2D eigenvalue weighted by Crippen LogP contribution is -2.28. The summed E-state index contributed by atoms with van der Waals surface area (Å²) in [5.74, 6) is 1.11. The fourth-order valence-corrected chi connectivity index (χ4v) is 5.05. The highest BCUT2D eigenvalue weighted by atomic mass is 32.2. The van der Waals surface area contributed by atoms with Crippen molar-refractivity contribution in [2.75, 3.05) is 10.7 Å². The Morgan fingerprint density at radius 3 is 2.39 bits per heavy atom. The number of carbonyl (C=O) groups is 1. The van der Waals surface area contributed by atoms with Crippen LogP contribution in [0.1, 0.15) is 17.0 Å². The zero-order chi connectivity index (χ0) is 24.3. The van der Waals surface area contributed by atoms with Gasteiger partial charge >= 0.3 is 0 Å². The second kappa shape index (κ2) is 9.83. The van der Waals surface area contributed by atoms with Gasteiger partial charge in [0.1, 0.15) is 11.3 Å². The van der Waals surface area contributed by atoms with E-state index >= 15 is 0 Å². The first-order valence-corrected chi connectivity index (χ1v) is 12.7. The van der Waals surface area contributed by atoms with Crippen LogP contribution >= 0.6 is 11.8 Å². The molecule has 0 saturated carbocycles. The number of nitrogens with zero attached hydrogens (tertiary/aromatic N) is 4. The van der Waals surface area contributed by atoms with Crippen LogP contribution in [0.15, 0.2) is 94.7 Å². The van der Waals surface area contributed by atoms with Gasteiger partial charge in [-0.2, -0.15) is 0 Å². The third-order valence-electron chi connectivity index (χ3n) is 6.09. The number of fused-ring (bicyclic) bond motifs is 3. The fraction of sp³-hybridized carbons (Fsp3) is 0.143. The van der Waals surface area contributed by atoms with E-state index in [4.69, 9.17) is 9.15 Å². The minimum atomic E-state index is -0.0420. The van der Waals surface area contributed by atoms with Gasteiger partial charge in [-0.05, 0) is 48.2 Å². The molecule has 0 aliphatic carbocycles. The maximum absolute atomic E-state index is 13.5. The minimum absolute atomic E-state index is 0.0420. The predicted molar refractivity (Wildman–Crippen MR) is 139 cm³/mol. The molecule has 3 aromatic carbocycles. The number of carbonyl (C=O) groups excluding carboxylic acids is 1. The number of ether oxygens (including phenoxy) is 1. The number of aromatic nitrogens is 3. The van der Waals surface area contributed by atoms with Crippen LogP contribution in [0.3, 0.4) is 0 Å². The zero-order valence-electron chi connectivity index (χ0n) is 19.3. The van der Waals surface area contributed by atoms with Crippen molar-refractivity contribution in [3.8, 4) is 5.75 Å². The van der Waals surface area contributed by atoms with Crippen LogP contribution in [-0.4, -0.2) is 26.8 Å². The van der Waals surface area contributed by atoms with Gasteiger partial charge in [-0.3, -0.25) is 14.7 Å². The predicted octanol–water partition coefficient (Wildman–Crippen LogP) is 5.75. The molecular formula is C28H22N4O3S. The van der Waals surface area contributed by atoms with Gasteiger partial charge in [0.05, 0.1) is 17.1 Å². The van der Waals surface area contributed by atoms with Gasteiger partial charge in [0.25, 0.3) is 11.1 Å². The average Bonchev–Trinajstić information content (AvgIpc) is 3.31. The lowest BCUT2D eigenvalue weighted by molar-refractivity contribution is -0.115. The summed E-state index contributed by atoms with van der Waals surface area (Å²) in [6.45, 7) is 0.115. The first-order valence-electron chi connectivity index (χ1n) is 11.7. The van der Waals surface area contributed by atoms with Gasteiger partial charge in [0.2, 0.25) is 5.91 Å². The van der Waals surface area contributed by atoms with E-state index in [1.54, 1.807) is 6.20 Å². The standard InChI is InChI=1S/C28H22N4O3S/c33-26(32-22-11-3-1-7-19(22)14-15-20-8-2-4-12-23(20)32)18-36-28-31-30-25(35-28)17-34-24-13-5-9-21-10-6-16-29-27(21)24/h1-13,16H,14-15,17-18H2. The Kier molecular flexibility index (Phi) is 6.09.